The van der Waals surface area contributed by atoms with E-state index in [0.29, 0.717) is 6.04 Å². The van der Waals surface area contributed by atoms with Crippen LogP contribution in [0.4, 0.5) is 0 Å². The van der Waals surface area contributed by atoms with Gasteiger partial charge in [-0.25, -0.2) is 0 Å². The third kappa shape index (κ3) is 2.82. The Morgan fingerprint density at radius 2 is 2.00 bits per heavy atom. The first-order valence-corrected chi connectivity index (χ1v) is 7.69. The monoisotopic (exact) mass is 263 g/mol. The zero-order valence-electron chi connectivity index (χ0n) is 11.7. The Kier molecular flexibility index (Phi) is 4.13. The van der Waals surface area contributed by atoms with Crippen LogP contribution in [0.2, 0.25) is 0 Å². The molecule has 106 valence electrons. The lowest BCUT2D eigenvalue weighted by Crippen LogP contribution is -2.48. The van der Waals surface area contributed by atoms with Gasteiger partial charge in [0.2, 0.25) is 0 Å². The second kappa shape index (κ2) is 6.01. The van der Waals surface area contributed by atoms with Gasteiger partial charge in [0.15, 0.2) is 0 Å². The minimum atomic E-state index is 0.531. The van der Waals surface area contributed by atoms with Gasteiger partial charge >= 0.3 is 0 Å². The highest BCUT2D eigenvalue weighted by Gasteiger charge is 2.29. The van der Waals surface area contributed by atoms with Crippen LogP contribution in [0.25, 0.3) is 0 Å². The molecule has 1 aliphatic heterocycles. The van der Waals surface area contributed by atoms with E-state index in [1.807, 2.05) is 6.33 Å². The highest BCUT2D eigenvalue weighted by Crippen LogP contribution is 2.29. The Hall–Kier alpha value is -0.940. The third-order valence-electron chi connectivity index (χ3n) is 4.82. The lowest BCUT2D eigenvalue weighted by atomic mass is 9.90. The molecule has 0 spiro atoms. The second-order valence-electron chi connectivity index (χ2n) is 5.97. The van der Waals surface area contributed by atoms with Gasteiger partial charge in [0, 0.05) is 25.7 Å². The number of nitrogens with zero attached hydrogens (tertiary/aromatic N) is 4. The predicted molar refractivity (Wildman–Crippen MR) is 74.5 cm³/mol. The van der Waals surface area contributed by atoms with Crippen LogP contribution in [-0.4, -0.2) is 38.8 Å². The van der Waals surface area contributed by atoms with Crippen LogP contribution < -0.4 is 5.73 Å². The summed E-state index contributed by atoms with van der Waals surface area (Å²) in [7, 11) is 0. The minimum absolute atomic E-state index is 0.531. The molecule has 2 N–H and O–H groups in total. The largest absolute Gasteiger partial charge is 0.329 e. The van der Waals surface area contributed by atoms with Crippen molar-refractivity contribution in [2.24, 2.45) is 11.7 Å². The standard InChI is InChI=1S/C14H25N5/c15-9-13(12-5-3-1-2-4-6-12)18-7-8-19-11-16-17-14(19)10-18/h11-13H,1-10,15H2. The van der Waals surface area contributed by atoms with E-state index in [1.165, 1.54) is 38.5 Å². The van der Waals surface area contributed by atoms with E-state index in [4.69, 9.17) is 5.73 Å². The summed E-state index contributed by atoms with van der Waals surface area (Å²) in [5.74, 6) is 1.88. The van der Waals surface area contributed by atoms with Crippen molar-refractivity contribution >= 4 is 0 Å². The summed E-state index contributed by atoms with van der Waals surface area (Å²) in [6, 6.07) is 0.531. The third-order valence-corrected chi connectivity index (χ3v) is 4.82. The molecule has 1 aromatic rings. The Labute approximate surface area is 115 Å². The zero-order chi connectivity index (χ0) is 13.1. The molecule has 0 amide bonds. The first-order chi connectivity index (χ1) is 9.38. The zero-order valence-corrected chi connectivity index (χ0v) is 11.7. The fourth-order valence-electron chi connectivity index (χ4n) is 3.70. The topological polar surface area (TPSA) is 60.0 Å². The second-order valence-corrected chi connectivity index (χ2v) is 5.97. The average molecular weight is 263 g/mol. The molecule has 3 rings (SSSR count). The highest BCUT2D eigenvalue weighted by atomic mass is 15.3. The van der Waals surface area contributed by atoms with E-state index in [9.17, 15) is 0 Å². The maximum Gasteiger partial charge on any atom is 0.147 e. The van der Waals surface area contributed by atoms with Gasteiger partial charge in [0.25, 0.3) is 0 Å². The quantitative estimate of drug-likeness (QED) is 0.837. The first kappa shape index (κ1) is 13.1. The molecular weight excluding hydrogens is 238 g/mol. The van der Waals surface area contributed by atoms with E-state index in [1.54, 1.807) is 0 Å². The van der Waals surface area contributed by atoms with E-state index in [2.05, 4.69) is 19.7 Å². The van der Waals surface area contributed by atoms with Crippen molar-refractivity contribution in [3.05, 3.63) is 12.2 Å². The van der Waals surface area contributed by atoms with E-state index < -0.39 is 0 Å². The number of hydrogen-bond donors (Lipinski definition) is 1. The number of rotatable bonds is 3. The minimum Gasteiger partial charge on any atom is -0.329 e. The summed E-state index contributed by atoms with van der Waals surface area (Å²) < 4.78 is 2.16. The highest BCUT2D eigenvalue weighted by molar-refractivity contribution is 4.93. The fourth-order valence-corrected chi connectivity index (χ4v) is 3.70. The molecule has 1 fully saturated rings. The van der Waals surface area contributed by atoms with Crippen molar-refractivity contribution in [1.82, 2.24) is 19.7 Å². The van der Waals surface area contributed by atoms with Crippen molar-refractivity contribution in [2.75, 3.05) is 13.1 Å². The van der Waals surface area contributed by atoms with E-state index in [0.717, 1.165) is 37.9 Å². The molecule has 0 aromatic carbocycles. The molecule has 5 nitrogen and oxygen atoms in total. The van der Waals surface area contributed by atoms with Crippen LogP contribution in [0.3, 0.4) is 0 Å². The van der Waals surface area contributed by atoms with E-state index in [-0.39, 0.29) is 0 Å². The van der Waals surface area contributed by atoms with Gasteiger partial charge in [-0.15, -0.1) is 10.2 Å². The van der Waals surface area contributed by atoms with E-state index >= 15 is 0 Å². The smallest absolute Gasteiger partial charge is 0.147 e. The number of fused-ring (bicyclic) bond motifs is 1. The SMILES string of the molecule is NCC(C1CCCCCC1)N1CCn2cnnc2C1. The lowest BCUT2D eigenvalue weighted by molar-refractivity contribution is 0.104. The van der Waals surface area contributed by atoms with Gasteiger partial charge in [-0.3, -0.25) is 4.90 Å². The summed E-state index contributed by atoms with van der Waals surface area (Å²) in [6.07, 6.45) is 10.1. The lowest BCUT2D eigenvalue weighted by Gasteiger charge is -2.38. The Balaban J connectivity index is 1.68. The summed E-state index contributed by atoms with van der Waals surface area (Å²) in [5, 5.41) is 8.22. The average Bonchev–Trinajstić information content (AvgIpc) is 2.74. The summed E-state index contributed by atoms with van der Waals surface area (Å²) >= 11 is 0. The van der Waals surface area contributed by atoms with Crippen LogP contribution in [-0.2, 0) is 13.1 Å². The molecular formula is C14H25N5. The first-order valence-electron chi connectivity index (χ1n) is 7.69. The Morgan fingerprint density at radius 1 is 1.21 bits per heavy atom. The van der Waals surface area contributed by atoms with Crippen molar-refractivity contribution in [3.8, 4) is 0 Å². The van der Waals surface area contributed by atoms with Gasteiger partial charge < -0.3 is 10.3 Å². The molecule has 1 aliphatic carbocycles. The number of hydrogen-bond acceptors (Lipinski definition) is 4. The van der Waals surface area contributed by atoms with Crippen LogP contribution in [0.5, 0.6) is 0 Å². The number of nitrogens with two attached hydrogens (primary N) is 1. The van der Waals surface area contributed by atoms with Gasteiger partial charge in [0.1, 0.15) is 12.2 Å². The van der Waals surface area contributed by atoms with Crippen LogP contribution >= 0.6 is 0 Å². The Morgan fingerprint density at radius 3 is 2.74 bits per heavy atom. The molecule has 5 heteroatoms. The predicted octanol–water partition coefficient (Wildman–Crippen LogP) is 1.39. The number of aromatic nitrogens is 3. The molecule has 0 saturated heterocycles. The van der Waals surface area contributed by atoms with Crippen molar-refractivity contribution < 1.29 is 0 Å². The molecule has 2 aliphatic rings. The summed E-state index contributed by atoms with van der Waals surface area (Å²) in [4.78, 5) is 2.54. The molecule has 19 heavy (non-hydrogen) atoms. The van der Waals surface area contributed by atoms with Gasteiger partial charge in [-0.05, 0) is 18.8 Å². The molecule has 1 atom stereocenters. The Bertz CT molecular complexity index is 394. The van der Waals surface area contributed by atoms with Gasteiger partial charge in [0.05, 0.1) is 6.54 Å². The molecule has 0 bridgehead atoms. The molecule has 1 unspecified atom stereocenters. The summed E-state index contributed by atoms with van der Waals surface area (Å²) in [6.45, 7) is 3.78. The normalized spacial score (nSPS) is 23.8. The molecule has 1 saturated carbocycles. The van der Waals surface area contributed by atoms with Crippen LogP contribution in [0.15, 0.2) is 6.33 Å². The van der Waals surface area contributed by atoms with Crippen LogP contribution in [0.1, 0.15) is 44.3 Å². The molecule has 2 heterocycles. The molecule has 1 aromatic heterocycles. The van der Waals surface area contributed by atoms with Gasteiger partial charge in [-0.2, -0.15) is 0 Å². The summed E-state index contributed by atoms with van der Waals surface area (Å²) in [5.41, 5.74) is 6.10. The maximum absolute atomic E-state index is 6.10. The van der Waals surface area contributed by atoms with Crippen LogP contribution in [0, 0.1) is 5.92 Å². The fraction of sp³-hybridized carbons (Fsp3) is 0.857. The molecule has 0 radical (unpaired) electrons. The van der Waals surface area contributed by atoms with Crippen molar-refractivity contribution in [2.45, 2.75) is 57.7 Å². The van der Waals surface area contributed by atoms with Crippen molar-refractivity contribution in [3.63, 3.8) is 0 Å². The van der Waals surface area contributed by atoms with Gasteiger partial charge in [-0.1, -0.05) is 25.7 Å². The van der Waals surface area contributed by atoms with Crippen molar-refractivity contribution in [1.29, 1.82) is 0 Å². The maximum atomic E-state index is 6.10.